The second-order valence-electron chi connectivity index (χ2n) is 6.49. The number of nitrogens with one attached hydrogen (secondary N) is 2. The third-order valence-electron chi connectivity index (χ3n) is 4.17. The van der Waals surface area contributed by atoms with Crippen LogP contribution in [-0.4, -0.2) is 25.0 Å². The largest absolute Gasteiger partial charge is 0.492 e. The van der Waals surface area contributed by atoms with Crippen molar-refractivity contribution < 1.29 is 14.3 Å². The molecule has 0 fully saturated rings. The van der Waals surface area contributed by atoms with Crippen LogP contribution in [0.4, 0.5) is 5.69 Å². The van der Waals surface area contributed by atoms with E-state index in [1.165, 1.54) is 0 Å². The Kier molecular flexibility index (Phi) is 9.01. The van der Waals surface area contributed by atoms with Crippen molar-refractivity contribution >= 4 is 33.4 Å². The number of halogens is 1. The summed E-state index contributed by atoms with van der Waals surface area (Å²) in [5.41, 5.74) is 1.73. The van der Waals surface area contributed by atoms with E-state index >= 15 is 0 Å². The van der Waals surface area contributed by atoms with E-state index in [2.05, 4.69) is 40.4 Å². The van der Waals surface area contributed by atoms with Crippen LogP contribution in [0.15, 0.2) is 46.9 Å². The number of carbonyl (C=O) groups is 2. The molecule has 0 saturated carbocycles. The van der Waals surface area contributed by atoms with Crippen LogP contribution in [-0.2, 0) is 0 Å². The van der Waals surface area contributed by atoms with Crippen molar-refractivity contribution in [2.75, 3.05) is 18.5 Å². The molecule has 0 aliphatic rings. The summed E-state index contributed by atoms with van der Waals surface area (Å²) in [6, 6.07) is 12.1. The zero-order valence-electron chi connectivity index (χ0n) is 16.4. The summed E-state index contributed by atoms with van der Waals surface area (Å²) < 4.78 is 6.43. The molecule has 0 atom stereocenters. The molecule has 2 N–H and O–H groups in total. The first kappa shape index (κ1) is 22.0. The third kappa shape index (κ3) is 6.68. The van der Waals surface area contributed by atoms with Crippen LogP contribution in [0, 0.1) is 0 Å². The molecule has 2 rings (SSSR count). The van der Waals surface area contributed by atoms with Crippen molar-refractivity contribution in [2.24, 2.45) is 0 Å². The van der Waals surface area contributed by atoms with E-state index in [0.717, 1.165) is 35.9 Å². The lowest BCUT2D eigenvalue weighted by molar-refractivity contribution is 0.0952. The van der Waals surface area contributed by atoms with Crippen molar-refractivity contribution in [1.29, 1.82) is 0 Å². The van der Waals surface area contributed by atoms with Crippen LogP contribution >= 0.6 is 15.9 Å². The van der Waals surface area contributed by atoms with Crippen molar-refractivity contribution in [1.82, 2.24) is 5.32 Å². The van der Waals surface area contributed by atoms with Gasteiger partial charge in [0.05, 0.1) is 11.1 Å². The van der Waals surface area contributed by atoms with E-state index in [1.807, 2.05) is 0 Å². The first-order chi connectivity index (χ1) is 13.5. The van der Waals surface area contributed by atoms with Gasteiger partial charge in [-0.1, -0.05) is 26.7 Å². The van der Waals surface area contributed by atoms with Crippen molar-refractivity contribution in [3.8, 4) is 5.75 Å². The van der Waals surface area contributed by atoms with E-state index in [-0.39, 0.29) is 11.8 Å². The van der Waals surface area contributed by atoms with Crippen LogP contribution in [0.3, 0.4) is 0 Å². The first-order valence-corrected chi connectivity index (χ1v) is 10.5. The summed E-state index contributed by atoms with van der Waals surface area (Å²) in [6.45, 7) is 5.51. The Balaban J connectivity index is 1.95. The normalized spacial score (nSPS) is 10.4. The van der Waals surface area contributed by atoms with Crippen LogP contribution in [0.2, 0.25) is 0 Å². The summed E-state index contributed by atoms with van der Waals surface area (Å²) >= 11 is 3.45. The minimum Gasteiger partial charge on any atom is -0.492 e. The molecule has 28 heavy (non-hydrogen) atoms. The molecule has 0 saturated heterocycles. The molecular weight excluding hydrogens is 420 g/mol. The second kappa shape index (κ2) is 11.5. The molecule has 0 aromatic heterocycles. The third-order valence-corrected chi connectivity index (χ3v) is 4.79. The van der Waals surface area contributed by atoms with E-state index in [4.69, 9.17) is 4.74 Å². The summed E-state index contributed by atoms with van der Waals surface area (Å²) in [5.74, 6) is 0.401. The van der Waals surface area contributed by atoms with Gasteiger partial charge in [-0.05, 0) is 71.2 Å². The molecular formula is C22H27BrN2O3. The van der Waals surface area contributed by atoms with Gasteiger partial charge < -0.3 is 15.4 Å². The summed E-state index contributed by atoms with van der Waals surface area (Å²) in [6.07, 6.45) is 4.05. The standard InChI is InChI=1S/C22H27BrN2O3/c1-3-5-13-24-21(26)16-7-10-18(11-8-16)25-22(27)17-9-12-20(19(23)15-17)28-14-6-4-2/h7-12,15H,3-6,13-14H2,1-2H3,(H,24,26)(H,25,27). The highest BCUT2D eigenvalue weighted by molar-refractivity contribution is 9.10. The fourth-order valence-corrected chi connectivity index (χ4v) is 2.97. The van der Waals surface area contributed by atoms with E-state index in [0.29, 0.717) is 30.0 Å². The van der Waals surface area contributed by atoms with Gasteiger partial charge in [-0.3, -0.25) is 9.59 Å². The van der Waals surface area contributed by atoms with Gasteiger partial charge in [0, 0.05) is 23.4 Å². The quantitative estimate of drug-likeness (QED) is 0.479. The van der Waals surface area contributed by atoms with Crippen LogP contribution in [0.25, 0.3) is 0 Å². The summed E-state index contributed by atoms with van der Waals surface area (Å²) in [7, 11) is 0. The lowest BCUT2D eigenvalue weighted by Crippen LogP contribution is -2.24. The van der Waals surface area contributed by atoms with E-state index < -0.39 is 0 Å². The maximum absolute atomic E-state index is 12.5. The topological polar surface area (TPSA) is 67.4 Å². The Morgan fingerprint density at radius 3 is 2.25 bits per heavy atom. The minimum atomic E-state index is -0.221. The highest BCUT2D eigenvalue weighted by Crippen LogP contribution is 2.26. The molecule has 6 heteroatoms. The number of carbonyl (C=O) groups excluding carboxylic acids is 2. The Bertz CT molecular complexity index is 791. The molecule has 5 nitrogen and oxygen atoms in total. The van der Waals surface area contributed by atoms with Crippen molar-refractivity contribution in [3.05, 3.63) is 58.1 Å². The zero-order chi connectivity index (χ0) is 20.4. The van der Waals surface area contributed by atoms with Gasteiger partial charge in [-0.2, -0.15) is 0 Å². The number of ether oxygens (including phenoxy) is 1. The number of unbranched alkanes of at least 4 members (excludes halogenated alkanes) is 2. The van der Waals surface area contributed by atoms with Gasteiger partial charge in [-0.25, -0.2) is 0 Å². The molecule has 0 unspecified atom stereocenters. The van der Waals surface area contributed by atoms with Gasteiger partial charge in [0.1, 0.15) is 5.75 Å². The molecule has 0 heterocycles. The summed E-state index contributed by atoms with van der Waals surface area (Å²) in [4.78, 5) is 24.5. The van der Waals surface area contributed by atoms with Crippen LogP contribution in [0.5, 0.6) is 5.75 Å². The van der Waals surface area contributed by atoms with Gasteiger partial charge in [0.2, 0.25) is 0 Å². The van der Waals surface area contributed by atoms with Crippen LogP contribution < -0.4 is 15.4 Å². The number of rotatable bonds is 10. The molecule has 0 spiro atoms. The highest BCUT2D eigenvalue weighted by Gasteiger charge is 2.11. The molecule has 0 bridgehead atoms. The molecule has 2 aromatic carbocycles. The number of benzene rings is 2. The molecule has 0 aliphatic heterocycles. The van der Waals surface area contributed by atoms with Gasteiger partial charge in [-0.15, -0.1) is 0 Å². The van der Waals surface area contributed by atoms with Gasteiger partial charge in [0.25, 0.3) is 11.8 Å². The predicted octanol–water partition coefficient (Wildman–Crippen LogP) is 5.41. The Morgan fingerprint density at radius 2 is 1.61 bits per heavy atom. The monoisotopic (exact) mass is 446 g/mol. The average molecular weight is 447 g/mol. The van der Waals surface area contributed by atoms with E-state index in [1.54, 1.807) is 42.5 Å². The molecule has 0 radical (unpaired) electrons. The number of amides is 2. The second-order valence-corrected chi connectivity index (χ2v) is 7.34. The maximum Gasteiger partial charge on any atom is 0.255 e. The fourth-order valence-electron chi connectivity index (χ4n) is 2.47. The minimum absolute atomic E-state index is 0.103. The fraction of sp³-hybridized carbons (Fsp3) is 0.364. The zero-order valence-corrected chi connectivity index (χ0v) is 18.0. The van der Waals surface area contributed by atoms with Crippen molar-refractivity contribution in [3.63, 3.8) is 0 Å². The molecule has 2 amide bonds. The maximum atomic E-state index is 12.5. The Labute approximate surface area is 175 Å². The predicted molar refractivity (Wildman–Crippen MR) is 116 cm³/mol. The SMILES string of the molecule is CCCCNC(=O)c1ccc(NC(=O)c2ccc(OCCCC)c(Br)c2)cc1. The lowest BCUT2D eigenvalue weighted by Gasteiger charge is -2.10. The van der Waals surface area contributed by atoms with Crippen LogP contribution in [0.1, 0.15) is 60.2 Å². The molecule has 0 aliphatic carbocycles. The summed E-state index contributed by atoms with van der Waals surface area (Å²) in [5, 5.41) is 5.72. The average Bonchev–Trinajstić information content (AvgIpc) is 2.70. The Morgan fingerprint density at radius 1 is 0.929 bits per heavy atom. The molecule has 150 valence electrons. The first-order valence-electron chi connectivity index (χ1n) is 9.67. The van der Waals surface area contributed by atoms with Gasteiger partial charge in [0.15, 0.2) is 0 Å². The van der Waals surface area contributed by atoms with E-state index in [9.17, 15) is 9.59 Å². The number of hydrogen-bond donors (Lipinski definition) is 2. The molecule has 2 aromatic rings. The number of hydrogen-bond acceptors (Lipinski definition) is 3. The number of anilines is 1. The lowest BCUT2D eigenvalue weighted by atomic mass is 10.1. The van der Waals surface area contributed by atoms with Gasteiger partial charge >= 0.3 is 0 Å². The Hall–Kier alpha value is -2.34. The highest BCUT2D eigenvalue weighted by atomic mass is 79.9. The smallest absolute Gasteiger partial charge is 0.255 e. The van der Waals surface area contributed by atoms with Crippen molar-refractivity contribution in [2.45, 2.75) is 39.5 Å².